The molecular weight excluding hydrogens is 466 g/mol. The van der Waals surface area contributed by atoms with Gasteiger partial charge in [0.15, 0.2) is 0 Å². The van der Waals surface area contributed by atoms with Gasteiger partial charge in [0, 0.05) is 21.5 Å². The molecule has 1 atom stereocenters. The summed E-state index contributed by atoms with van der Waals surface area (Å²) < 4.78 is 28.4. The average Bonchev–Trinajstić information content (AvgIpc) is 2.71. The van der Waals surface area contributed by atoms with Crippen LogP contribution in [-0.2, 0) is 14.8 Å². The van der Waals surface area contributed by atoms with E-state index in [0.717, 1.165) is 10.0 Å². The number of nitrogens with one attached hydrogen (secondary N) is 3. The van der Waals surface area contributed by atoms with Gasteiger partial charge in [0.2, 0.25) is 5.91 Å². The minimum Gasteiger partial charge on any atom is -0.374 e. The molecule has 0 aliphatic heterocycles. The number of amides is 1. The van der Waals surface area contributed by atoms with Gasteiger partial charge in [0.1, 0.15) is 6.04 Å². The Balaban J connectivity index is 1.60. The predicted octanol–water partition coefficient (Wildman–Crippen LogP) is 5.00. The van der Waals surface area contributed by atoms with Crippen LogP contribution in [0.3, 0.4) is 0 Å². The molecule has 0 spiro atoms. The Morgan fingerprint density at radius 2 is 1.37 bits per heavy atom. The van der Waals surface area contributed by atoms with Gasteiger partial charge in [0.05, 0.1) is 4.90 Å². The maximum Gasteiger partial charge on any atom is 0.261 e. The molecule has 0 bridgehead atoms. The number of halogens is 1. The fraction of sp³-hybridized carbons (Fsp3) is 0.136. The zero-order valence-corrected chi connectivity index (χ0v) is 18.9. The van der Waals surface area contributed by atoms with Crippen molar-refractivity contribution in [2.45, 2.75) is 24.8 Å². The highest BCUT2D eigenvalue weighted by atomic mass is 79.9. The molecular formula is C22H22BrN3O3S. The minimum absolute atomic E-state index is 0.179. The van der Waals surface area contributed by atoms with Crippen molar-refractivity contribution in [3.8, 4) is 0 Å². The van der Waals surface area contributed by atoms with Crippen LogP contribution in [0, 0.1) is 6.92 Å². The van der Waals surface area contributed by atoms with Gasteiger partial charge >= 0.3 is 0 Å². The molecule has 0 fully saturated rings. The second-order valence-corrected chi connectivity index (χ2v) is 9.46. The highest BCUT2D eigenvalue weighted by Gasteiger charge is 2.15. The first-order valence-electron chi connectivity index (χ1n) is 9.25. The van der Waals surface area contributed by atoms with Crippen LogP contribution < -0.4 is 15.4 Å². The molecule has 3 aromatic rings. The maximum atomic E-state index is 12.5. The fourth-order valence-electron chi connectivity index (χ4n) is 2.67. The first kappa shape index (κ1) is 21.9. The molecule has 0 saturated heterocycles. The van der Waals surface area contributed by atoms with Crippen LogP contribution in [0.5, 0.6) is 0 Å². The van der Waals surface area contributed by atoms with E-state index >= 15 is 0 Å². The maximum absolute atomic E-state index is 12.5. The summed E-state index contributed by atoms with van der Waals surface area (Å²) in [5.41, 5.74) is 2.83. The van der Waals surface area contributed by atoms with Crippen molar-refractivity contribution in [1.82, 2.24) is 0 Å². The summed E-state index contributed by atoms with van der Waals surface area (Å²) >= 11 is 3.36. The first-order valence-corrected chi connectivity index (χ1v) is 11.5. The zero-order valence-electron chi connectivity index (χ0n) is 16.5. The van der Waals surface area contributed by atoms with Gasteiger partial charge in [-0.15, -0.1) is 0 Å². The van der Waals surface area contributed by atoms with Crippen molar-refractivity contribution < 1.29 is 13.2 Å². The Hall–Kier alpha value is -2.84. The Morgan fingerprint density at radius 3 is 1.97 bits per heavy atom. The number of hydrogen-bond donors (Lipinski definition) is 3. The third kappa shape index (κ3) is 5.84. The second-order valence-electron chi connectivity index (χ2n) is 6.86. The van der Waals surface area contributed by atoms with Gasteiger partial charge < -0.3 is 10.6 Å². The lowest BCUT2D eigenvalue weighted by Crippen LogP contribution is -2.31. The molecule has 3 N–H and O–H groups in total. The van der Waals surface area contributed by atoms with E-state index in [4.69, 9.17) is 0 Å². The minimum atomic E-state index is -3.65. The molecule has 156 valence electrons. The number of rotatable bonds is 7. The monoisotopic (exact) mass is 487 g/mol. The van der Waals surface area contributed by atoms with Gasteiger partial charge in [-0.3, -0.25) is 9.52 Å². The summed E-state index contributed by atoms with van der Waals surface area (Å²) in [6, 6.07) is 20.2. The highest BCUT2D eigenvalue weighted by Crippen LogP contribution is 2.20. The van der Waals surface area contributed by atoms with Crippen LogP contribution >= 0.6 is 15.9 Å². The number of sulfonamides is 1. The summed E-state index contributed by atoms with van der Waals surface area (Å²) in [6.45, 7) is 3.65. The van der Waals surface area contributed by atoms with Crippen LogP contribution in [0.15, 0.2) is 82.2 Å². The van der Waals surface area contributed by atoms with Crippen LogP contribution in [0.1, 0.15) is 12.5 Å². The molecule has 6 nitrogen and oxygen atoms in total. The standard InChI is InChI=1S/C22H22BrN3O3S/c1-15-3-13-21(14-4-15)30(28,29)26-20-11-9-18(10-12-20)24-16(2)22(27)25-19-7-5-17(23)6-8-19/h3-14,16,24,26H,1-2H3,(H,25,27)/t16-/m0/s1. The lowest BCUT2D eigenvalue weighted by molar-refractivity contribution is -0.116. The molecule has 3 aromatic carbocycles. The van der Waals surface area contributed by atoms with E-state index < -0.39 is 16.1 Å². The molecule has 0 radical (unpaired) electrons. The van der Waals surface area contributed by atoms with E-state index in [1.165, 1.54) is 0 Å². The first-order chi connectivity index (χ1) is 14.2. The number of hydrogen-bond acceptors (Lipinski definition) is 4. The summed E-state index contributed by atoms with van der Waals surface area (Å²) in [4.78, 5) is 12.6. The largest absolute Gasteiger partial charge is 0.374 e. The fourth-order valence-corrected chi connectivity index (χ4v) is 3.99. The zero-order chi connectivity index (χ0) is 21.7. The Bertz CT molecular complexity index is 1110. The molecule has 30 heavy (non-hydrogen) atoms. The number of anilines is 3. The van der Waals surface area contributed by atoms with Crippen LogP contribution in [-0.4, -0.2) is 20.4 Å². The quantitative estimate of drug-likeness (QED) is 0.437. The Morgan fingerprint density at radius 1 is 0.833 bits per heavy atom. The average molecular weight is 488 g/mol. The number of carbonyl (C=O) groups excluding carboxylic acids is 1. The summed E-state index contributed by atoms with van der Waals surface area (Å²) in [7, 11) is -3.65. The molecule has 3 rings (SSSR count). The number of carbonyl (C=O) groups is 1. The molecule has 0 aliphatic rings. The van der Waals surface area contributed by atoms with Crippen LogP contribution in [0.2, 0.25) is 0 Å². The number of aryl methyl sites for hydroxylation is 1. The van der Waals surface area contributed by atoms with E-state index in [0.29, 0.717) is 17.1 Å². The van der Waals surface area contributed by atoms with Crippen molar-refractivity contribution in [2.24, 2.45) is 0 Å². The lowest BCUT2D eigenvalue weighted by Gasteiger charge is -2.16. The molecule has 0 unspecified atom stereocenters. The third-order valence-electron chi connectivity index (χ3n) is 4.36. The summed E-state index contributed by atoms with van der Waals surface area (Å²) in [5.74, 6) is -0.179. The van der Waals surface area contributed by atoms with E-state index in [9.17, 15) is 13.2 Å². The van der Waals surface area contributed by atoms with Crippen molar-refractivity contribution in [3.05, 3.63) is 82.8 Å². The van der Waals surface area contributed by atoms with E-state index in [2.05, 4.69) is 31.3 Å². The van der Waals surface area contributed by atoms with E-state index in [-0.39, 0.29) is 10.8 Å². The summed E-state index contributed by atoms with van der Waals surface area (Å²) in [6.07, 6.45) is 0. The smallest absolute Gasteiger partial charge is 0.261 e. The Labute approximate surface area is 184 Å². The summed E-state index contributed by atoms with van der Waals surface area (Å²) in [5, 5.41) is 5.94. The van der Waals surface area contributed by atoms with Gasteiger partial charge in [0.25, 0.3) is 10.0 Å². The predicted molar refractivity (Wildman–Crippen MR) is 124 cm³/mol. The van der Waals surface area contributed by atoms with Gasteiger partial charge in [-0.1, -0.05) is 33.6 Å². The van der Waals surface area contributed by atoms with Crippen molar-refractivity contribution in [3.63, 3.8) is 0 Å². The second kappa shape index (κ2) is 9.32. The third-order valence-corrected chi connectivity index (χ3v) is 6.28. The van der Waals surface area contributed by atoms with E-state index in [1.54, 1.807) is 55.5 Å². The van der Waals surface area contributed by atoms with Gasteiger partial charge in [-0.05, 0) is 74.5 Å². The molecule has 8 heteroatoms. The van der Waals surface area contributed by atoms with Crippen LogP contribution in [0.4, 0.5) is 17.1 Å². The molecule has 0 aliphatic carbocycles. The topological polar surface area (TPSA) is 87.3 Å². The molecule has 0 aromatic heterocycles. The van der Waals surface area contributed by atoms with Gasteiger partial charge in [-0.2, -0.15) is 0 Å². The molecule has 0 saturated carbocycles. The van der Waals surface area contributed by atoms with Crippen molar-refractivity contribution >= 4 is 48.9 Å². The molecule has 1 amide bonds. The van der Waals surface area contributed by atoms with Crippen LogP contribution in [0.25, 0.3) is 0 Å². The van der Waals surface area contributed by atoms with Crippen molar-refractivity contribution in [2.75, 3.05) is 15.4 Å². The lowest BCUT2D eigenvalue weighted by atomic mass is 10.2. The number of benzene rings is 3. The SMILES string of the molecule is Cc1ccc(S(=O)(=O)Nc2ccc(N[C@@H](C)C(=O)Nc3ccc(Br)cc3)cc2)cc1. The Kier molecular flexibility index (Phi) is 6.79. The van der Waals surface area contributed by atoms with Crippen molar-refractivity contribution in [1.29, 1.82) is 0 Å². The molecule has 0 heterocycles. The van der Waals surface area contributed by atoms with Gasteiger partial charge in [-0.25, -0.2) is 8.42 Å². The van der Waals surface area contributed by atoms with E-state index in [1.807, 2.05) is 31.2 Å². The highest BCUT2D eigenvalue weighted by molar-refractivity contribution is 9.10. The normalized spacial score (nSPS) is 12.1.